The van der Waals surface area contributed by atoms with Gasteiger partial charge in [0.2, 0.25) is 5.88 Å². The molecule has 0 aromatic carbocycles. The Labute approximate surface area is 131 Å². The molecule has 2 amide bonds. The molecule has 1 fully saturated rings. The number of aromatic nitrogens is 1. The first kappa shape index (κ1) is 17.1. The van der Waals surface area contributed by atoms with Crippen molar-refractivity contribution in [3.05, 3.63) is 36.2 Å². The molecule has 1 aliphatic rings. The van der Waals surface area contributed by atoms with E-state index in [-0.39, 0.29) is 37.4 Å². The molecular weight excluding hydrogens is 311 g/mol. The minimum absolute atomic E-state index is 0.0622. The van der Waals surface area contributed by atoms with Gasteiger partial charge in [0.05, 0.1) is 6.67 Å². The summed E-state index contributed by atoms with van der Waals surface area (Å²) in [5.74, 6) is -2.41. The molecule has 126 valence electrons. The Morgan fingerprint density at radius 1 is 1.48 bits per heavy atom. The van der Waals surface area contributed by atoms with Gasteiger partial charge in [0.25, 0.3) is 5.92 Å². The lowest BCUT2D eigenvalue weighted by atomic mass is 9.91. The number of allylic oxidation sites excluding steroid dienone is 1. The molecule has 0 spiro atoms. The van der Waals surface area contributed by atoms with E-state index >= 15 is 0 Å². The van der Waals surface area contributed by atoms with Crippen LogP contribution in [0.2, 0.25) is 0 Å². The molecule has 0 radical (unpaired) electrons. The van der Waals surface area contributed by atoms with Gasteiger partial charge in [-0.3, -0.25) is 4.39 Å². The summed E-state index contributed by atoms with van der Waals surface area (Å²) in [7, 11) is 0. The van der Waals surface area contributed by atoms with Gasteiger partial charge in [-0.15, -0.1) is 0 Å². The minimum atomic E-state index is -2.65. The highest BCUT2D eigenvalue weighted by Crippen LogP contribution is 2.39. The fourth-order valence-corrected chi connectivity index (χ4v) is 2.05. The number of ether oxygens (including phenoxy) is 1. The molecule has 0 bridgehead atoms. The van der Waals surface area contributed by atoms with Gasteiger partial charge in [-0.25, -0.2) is 18.6 Å². The summed E-state index contributed by atoms with van der Waals surface area (Å²) in [6, 6.07) is 2.74. The lowest BCUT2D eigenvalue weighted by molar-refractivity contribution is -0.135. The van der Waals surface area contributed by atoms with Crippen molar-refractivity contribution in [1.29, 1.82) is 0 Å². The Morgan fingerprint density at radius 3 is 2.87 bits per heavy atom. The van der Waals surface area contributed by atoms with E-state index in [1.165, 1.54) is 6.20 Å². The summed E-state index contributed by atoms with van der Waals surface area (Å²) in [5.41, 5.74) is 0.988. The molecule has 1 heterocycles. The second-order valence-electron chi connectivity index (χ2n) is 5.36. The smallest absolute Gasteiger partial charge is 0.319 e. The second kappa shape index (κ2) is 7.34. The molecule has 1 aromatic rings. The van der Waals surface area contributed by atoms with Gasteiger partial charge in [0, 0.05) is 43.8 Å². The highest BCUT2D eigenvalue weighted by Gasteiger charge is 2.47. The molecule has 2 N–H and O–H groups in total. The van der Waals surface area contributed by atoms with Gasteiger partial charge < -0.3 is 15.4 Å². The van der Waals surface area contributed by atoms with E-state index in [2.05, 4.69) is 22.2 Å². The van der Waals surface area contributed by atoms with E-state index in [0.717, 1.165) is 0 Å². The molecular formula is C15H18F3N3O2. The van der Waals surface area contributed by atoms with Crippen LogP contribution in [0.1, 0.15) is 24.8 Å². The highest BCUT2D eigenvalue weighted by atomic mass is 19.3. The van der Waals surface area contributed by atoms with E-state index < -0.39 is 24.7 Å². The van der Waals surface area contributed by atoms with Crippen molar-refractivity contribution >= 4 is 6.03 Å². The third kappa shape index (κ3) is 5.46. The average Bonchev–Trinajstić information content (AvgIpc) is 2.44. The highest BCUT2D eigenvalue weighted by molar-refractivity contribution is 5.75. The Bertz CT molecular complexity index is 573. The van der Waals surface area contributed by atoms with Crippen molar-refractivity contribution in [3.8, 4) is 5.88 Å². The molecule has 8 heteroatoms. The van der Waals surface area contributed by atoms with E-state index in [0.29, 0.717) is 5.56 Å². The van der Waals surface area contributed by atoms with Crippen LogP contribution in [-0.4, -0.2) is 29.7 Å². The van der Waals surface area contributed by atoms with Crippen molar-refractivity contribution in [1.82, 2.24) is 15.6 Å². The Morgan fingerprint density at radius 2 is 2.22 bits per heavy atom. The number of carbonyl (C=O) groups is 1. The minimum Gasteiger partial charge on any atom is -0.474 e. The van der Waals surface area contributed by atoms with Gasteiger partial charge in [-0.05, 0) is 11.6 Å². The predicted octanol–water partition coefficient (Wildman–Crippen LogP) is 2.93. The van der Waals surface area contributed by atoms with Crippen LogP contribution in [0, 0.1) is 0 Å². The number of carbonyl (C=O) groups excluding carboxylic acids is 1. The fraction of sp³-hybridized carbons (Fsp3) is 0.467. The van der Waals surface area contributed by atoms with Crippen molar-refractivity contribution in [2.24, 2.45) is 0 Å². The van der Waals surface area contributed by atoms with Gasteiger partial charge in [0.1, 0.15) is 6.10 Å². The zero-order chi connectivity index (χ0) is 16.9. The molecule has 0 saturated heterocycles. The average molecular weight is 329 g/mol. The number of nitrogens with one attached hydrogen (secondary N) is 2. The molecule has 0 atom stereocenters. The molecule has 1 saturated carbocycles. The first-order valence-corrected chi connectivity index (χ1v) is 7.16. The molecule has 5 nitrogen and oxygen atoms in total. The van der Waals surface area contributed by atoms with Crippen LogP contribution < -0.4 is 15.4 Å². The van der Waals surface area contributed by atoms with Crippen molar-refractivity contribution in [2.75, 3.05) is 6.67 Å². The van der Waals surface area contributed by atoms with Crippen LogP contribution in [0.4, 0.5) is 18.0 Å². The maximum atomic E-state index is 12.8. The van der Waals surface area contributed by atoms with Crippen LogP contribution in [-0.2, 0) is 6.54 Å². The monoisotopic (exact) mass is 329 g/mol. The Kier molecular flexibility index (Phi) is 5.46. The number of urea groups is 1. The zero-order valence-electron chi connectivity index (χ0n) is 12.4. The maximum absolute atomic E-state index is 12.8. The number of pyridine rings is 1. The number of hydrogen-bond donors (Lipinski definition) is 2. The Balaban J connectivity index is 1.78. The van der Waals surface area contributed by atoms with E-state index in [1.807, 2.05) is 0 Å². The first-order valence-electron chi connectivity index (χ1n) is 7.16. The number of rotatable bonds is 7. The van der Waals surface area contributed by atoms with Gasteiger partial charge >= 0.3 is 6.03 Å². The third-order valence-electron chi connectivity index (χ3n) is 3.28. The first-order chi connectivity index (χ1) is 10.9. The predicted molar refractivity (Wildman–Crippen MR) is 77.9 cm³/mol. The van der Waals surface area contributed by atoms with Crippen molar-refractivity contribution < 1.29 is 22.7 Å². The molecule has 0 unspecified atom stereocenters. The number of alkyl halides is 3. The third-order valence-corrected chi connectivity index (χ3v) is 3.28. The quantitative estimate of drug-likeness (QED) is 0.808. The summed E-state index contributed by atoms with van der Waals surface area (Å²) in [5, 5.41) is 4.98. The topological polar surface area (TPSA) is 63.2 Å². The summed E-state index contributed by atoms with van der Waals surface area (Å²) in [6.07, 6.45) is 0.385. The van der Waals surface area contributed by atoms with Crippen LogP contribution in [0.15, 0.2) is 30.6 Å². The number of halogens is 3. The maximum Gasteiger partial charge on any atom is 0.319 e. The summed E-state index contributed by atoms with van der Waals surface area (Å²) in [6.45, 7) is 3.11. The summed E-state index contributed by atoms with van der Waals surface area (Å²) < 4.78 is 42.9. The van der Waals surface area contributed by atoms with Crippen LogP contribution in [0.5, 0.6) is 5.88 Å². The molecule has 1 aromatic heterocycles. The number of hydrogen-bond acceptors (Lipinski definition) is 3. The lowest BCUT2D eigenvalue weighted by Crippen LogP contribution is -2.43. The zero-order valence-corrected chi connectivity index (χ0v) is 12.4. The second-order valence-corrected chi connectivity index (χ2v) is 5.36. The van der Waals surface area contributed by atoms with E-state index in [4.69, 9.17) is 4.74 Å². The fourth-order valence-electron chi connectivity index (χ4n) is 2.05. The normalized spacial score (nSPS) is 16.3. The van der Waals surface area contributed by atoms with E-state index in [1.54, 1.807) is 12.1 Å². The van der Waals surface area contributed by atoms with Crippen LogP contribution in [0.3, 0.4) is 0 Å². The largest absolute Gasteiger partial charge is 0.474 e. The summed E-state index contributed by atoms with van der Waals surface area (Å²) >= 11 is 0. The van der Waals surface area contributed by atoms with E-state index in [9.17, 15) is 18.0 Å². The van der Waals surface area contributed by atoms with Crippen LogP contribution in [0.25, 0.3) is 0 Å². The molecule has 23 heavy (non-hydrogen) atoms. The lowest BCUT2D eigenvalue weighted by Gasteiger charge is -2.34. The van der Waals surface area contributed by atoms with Crippen LogP contribution >= 0.6 is 0 Å². The SMILES string of the molecule is C=C(CCF)NC(=O)NCc1ccnc(OC2CC(F)(F)C2)c1. The van der Waals surface area contributed by atoms with Gasteiger partial charge in [-0.1, -0.05) is 6.58 Å². The molecule has 0 aliphatic heterocycles. The molecule has 2 rings (SSSR count). The number of amides is 2. The van der Waals surface area contributed by atoms with Crippen molar-refractivity contribution in [2.45, 2.75) is 37.8 Å². The Hall–Kier alpha value is -2.25. The van der Waals surface area contributed by atoms with Crippen molar-refractivity contribution in [3.63, 3.8) is 0 Å². The standard InChI is InChI=1S/C15H18F3N3O2/c1-10(2-4-16)21-14(22)20-9-11-3-5-19-13(6-11)23-12-7-15(17,18)8-12/h3,5-6,12H,1-2,4,7-9H2,(H2,20,21,22). The van der Waals surface area contributed by atoms with Gasteiger partial charge in [-0.2, -0.15) is 0 Å². The number of nitrogens with zero attached hydrogens (tertiary/aromatic N) is 1. The van der Waals surface area contributed by atoms with Gasteiger partial charge in [0.15, 0.2) is 0 Å². The molecule has 1 aliphatic carbocycles. The summed E-state index contributed by atoms with van der Waals surface area (Å²) in [4.78, 5) is 15.5.